The Balaban J connectivity index is 3.08. The molecule has 6 heteroatoms. The summed E-state index contributed by atoms with van der Waals surface area (Å²) in [5.74, 6) is 0.391. The van der Waals surface area contributed by atoms with Crippen molar-refractivity contribution in [2.45, 2.75) is 24.8 Å². The second kappa shape index (κ2) is 7.06. The third kappa shape index (κ3) is 4.47. The summed E-state index contributed by atoms with van der Waals surface area (Å²) in [5, 5.41) is 3.36. The predicted molar refractivity (Wildman–Crippen MR) is 83.5 cm³/mol. The maximum absolute atomic E-state index is 12.0. The van der Waals surface area contributed by atoms with E-state index in [0.29, 0.717) is 11.6 Å². The number of para-hydroxylation sites is 1. The number of likely N-dealkylation sites (N-methyl/N-ethyl adjacent to an activating group) is 1. The first kappa shape index (κ1) is 16.9. The molecule has 20 heavy (non-hydrogen) atoms. The van der Waals surface area contributed by atoms with E-state index in [2.05, 4.69) is 28.8 Å². The van der Waals surface area contributed by atoms with Crippen molar-refractivity contribution in [3.8, 4) is 0 Å². The van der Waals surface area contributed by atoms with Crippen LogP contribution in [0, 0.1) is 5.92 Å². The third-order valence-electron chi connectivity index (χ3n) is 3.15. The molecule has 0 bridgehead atoms. The molecule has 5 nitrogen and oxygen atoms in total. The molecule has 0 aromatic heterocycles. The Labute approximate surface area is 122 Å². The van der Waals surface area contributed by atoms with Gasteiger partial charge in [-0.3, -0.25) is 0 Å². The molecule has 0 heterocycles. The van der Waals surface area contributed by atoms with Gasteiger partial charge in [0.1, 0.15) is 4.90 Å². The lowest BCUT2D eigenvalue weighted by atomic mass is 10.0. The Morgan fingerprint density at radius 1 is 1.20 bits per heavy atom. The molecule has 1 aromatic carbocycles. The van der Waals surface area contributed by atoms with Gasteiger partial charge in [-0.05, 0) is 39.2 Å². The fraction of sp³-hybridized carbons (Fsp3) is 0.571. The number of rotatable bonds is 7. The van der Waals surface area contributed by atoms with Crippen LogP contribution in [0.1, 0.15) is 13.8 Å². The summed E-state index contributed by atoms with van der Waals surface area (Å²) in [4.78, 5) is 2.37. The van der Waals surface area contributed by atoms with Crippen LogP contribution >= 0.6 is 0 Å². The molecule has 0 amide bonds. The fourth-order valence-electron chi connectivity index (χ4n) is 1.95. The van der Waals surface area contributed by atoms with Crippen molar-refractivity contribution in [3.05, 3.63) is 24.3 Å². The normalized spacial score (nSPS) is 13.8. The first-order chi connectivity index (χ1) is 9.27. The van der Waals surface area contributed by atoms with Gasteiger partial charge in [-0.1, -0.05) is 26.0 Å². The highest BCUT2D eigenvalue weighted by molar-refractivity contribution is 7.89. The summed E-state index contributed by atoms with van der Waals surface area (Å²) in [7, 11) is 1.98. The van der Waals surface area contributed by atoms with Crippen LogP contribution in [0.4, 0.5) is 5.69 Å². The topological polar surface area (TPSA) is 61.4 Å². The van der Waals surface area contributed by atoms with Gasteiger partial charge in [-0.15, -0.1) is 0 Å². The minimum atomic E-state index is -3.45. The summed E-state index contributed by atoms with van der Waals surface area (Å²) < 4.78 is 26.4. The number of nitrogens with one attached hydrogen (secondary N) is 2. The predicted octanol–water partition coefficient (Wildman–Crippen LogP) is 1.59. The first-order valence-corrected chi connectivity index (χ1v) is 8.20. The van der Waals surface area contributed by atoms with Crippen LogP contribution in [-0.2, 0) is 10.0 Å². The Kier molecular flexibility index (Phi) is 5.98. The Morgan fingerprint density at radius 2 is 1.80 bits per heavy atom. The van der Waals surface area contributed by atoms with Crippen LogP contribution in [0.15, 0.2) is 29.2 Å². The molecule has 0 aliphatic carbocycles. The van der Waals surface area contributed by atoms with Gasteiger partial charge in [0.15, 0.2) is 0 Å². The maximum Gasteiger partial charge on any atom is 0.242 e. The van der Waals surface area contributed by atoms with Crippen molar-refractivity contribution in [1.82, 2.24) is 9.62 Å². The molecule has 1 rings (SSSR count). The van der Waals surface area contributed by atoms with Crippen LogP contribution in [0.2, 0.25) is 0 Å². The van der Waals surface area contributed by atoms with E-state index in [-0.39, 0.29) is 10.9 Å². The van der Waals surface area contributed by atoms with Crippen molar-refractivity contribution >= 4 is 15.7 Å². The van der Waals surface area contributed by atoms with E-state index >= 15 is 0 Å². The van der Waals surface area contributed by atoms with E-state index in [1.807, 2.05) is 20.2 Å². The largest absolute Gasteiger partial charge is 0.380 e. The van der Waals surface area contributed by atoms with E-state index < -0.39 is 10.0 Å². The molecule has 0 saturated carbocycles. The maximum atomic E-state index is 12.0. The average Bonchev–Trinajstić information content (AvgIpc) is 2.37. The highest BCUT2D eigenvalue weighted by Gasteiger charge is 2.20. The molecule has 1 unspecified atom stereocenters. The van der Waals surface area contributed by atoms with Crippen LogP contribution in [0.25, 0.3) is 0 Å². The van der Waals surface area contributed by atoms with Crippen molar-refractivity contribution < 1.29 is 8.42 Å². The lowest BCUT2D eigenvalue weighted by molar-refractivity contribution is 0.344. The van der Waals surface area contributed by atoms with Crippen LogP contribution in [-0.4, -0.2) is 47.0 Å². The number of nitrogens with zero attached hydrogens (tertiary/aromatic N) is 1. The van der Waals surface area contributed by atoms with Crippen molar-refractivity contribution in [2.75, 3.05) is 33.0 Å². The average molecular weight is 299 g/mol. The highest BCUT2D eigenvalue weighted by atomic mass is 32.2. The van der Waals surface area contributed by atoms with Gasteiger partial charge in [0, 0.05) is 12.6 Å². The lowest BCUT2D eigenvalue weighted by Gasteiger charge is -2.27. The van der Waals surface area contributed by atoms with Crippen molar-refractivity contribution in [3.63, 3.8) is 0 Å². The molecular weight excluding hydrogens is 274 g/mol. The summed E-state index contributed by atoms with van der Waals surface area (Å²) in [5.41, 5.74) is 0.641. The molecule has 0 spiro atoms. The number of hydrogen-bond acceptors (Lipinski definition) is 4. The molecule has 0 aliphatic rings. The standard InChI is InChI=1S/C14H25N3O2S/c1-11(2)13(10-17(4)5)16-12-8-6-7-9-14(12)20(18,19)15-3/h6-9,11,13,15-16H,10H2,1-5H3. The first-order valence-electron chi connectivity index (χ1n) is 6.71. The third-order valence-corrected chi connectivity index (χ3v) is 4.63. The molecule has 1 aromatic rings. The summed E-state index contributed by atoms with van der Waals surface area (Å²) in [6, 6.07) is 7.16. The van der Waals surface area contributed by atoms with E-state index in [9.17, 15) is 8.42 Å². The van der Waals surface area contributed by atoms with E-state index in [4.69, 9.17) is 0 Å². The molecule has 2 N–H and O–H groups in total. The van der Waals surface area contributed by atoms with E-state index in [0.717, 1.165) is 6.54 Å². The van der Waals surface area contributed by atoms with E-state index in [1.54, 1.807) is 18.2 Å². The highest BCUT2D eigenvalue weighted by Crippen LogP contribution is 2.22. The van der Waals surface area contributed by atoms with Gasteiger partial charge in [0.2, 0.25) is 10.0 Å². The Morgan fingerprint density at radius 3 is 2.30 bits per heavy atom. The monoisotopic (exact) mass is 299 g/mol. The second-order valence-corrected chi connectivity index (χ2v) is 7.32. The molecule has 0 radical (unpaired) electrons. The number of benzene rings is 1. The SMILES string of the molecule is CNS(=O)(=O)c1ccccc1NC(CN(C)C)C(C)C. The summed E-state index contributed by atoms with van der Waals surface area (Å²) in [6.07, 6.45) is 0. The quantitative estimate of drug-likeness (QED) is 0.803. The molecule has 114 valence electrons. The van der Waals surface area contributed by atoms with Crippen LogP contribution in [0.3, 0.4) is 0 Å². The smallest absolute Gasteiger partial charge is 0.242 e. The van der Waals surface area contributed by atoms with Crippen LogP contribution in [0.5, 0.6) is 0 Å². The van der Waals surface area contributed by atoms with Gasteiger partial charge < -0.3 is 10.2 Å². The van der Waals surface area contributed by atoms with Crippen molar-refractivity contribution in [1.29, 1.82) is 0 Å². The van der Waals surface area contributed by atoms with Crippen molar-refractivity contribution in [2.24, 2.45) is 5.92 Å². The van der Waals surface area contributed by atoms with Gasteiger partial charge >= 0.3 is 0 Å². The summed E-state index contributed by atoms with van der Waals surface area (Å²) >= 11 is 0. The zero-order valence-corrected chi connectivity index (χ0v) is 13.7. The minimum Gasteiger partial charge on any atom is -0.380 e. The van der Waals surface area contributed by atoms with Crippen LogP contribution < -0.4 is 10.0 Å². The number of sulfonamides is 1. The number of anilines is 1. The van der Waals surface area contributed by atoms with Gasteiger partial charge in [-0.25, -0.2) is 13.1 Å². The molecule has 1 atom stereocenters. The minimum absolute atomic E-state index is 0.179. The van der Waals surface area contributed by atoms with Gasteiger partial charge in [0.25, 0.3) is 0 Å². The fourth-order valence-corrected chi connectivity index (χ4v) is 2.84. The molecule has 0 fully saturated rings. The second-order valence-electron chi connectivity index (χ2n) is 5.46. The molecule has 0 aliphatic heterocycles. The van der Waals surface area contributed by atoms with E-state index in [1.165, 1.54) is 7.05 Å². The Hall–Kier alpha value is -1.11. The number of hydrogen-bond donors (Lipinski definition) is 2. The lowest BCUT2D eigenvalue weighted by Crippen LogP contribution is -2.37. The van der Waals surface area contributed by atoms with Gasteiger partial charge in [0.05, 0.1) is 5.69 Å². The zero-order valence-electron chi connectivity index (χ0n) is 12.8. The molecular formula is C14H25N3O2S. The zero-order chi connectivity index (χ0) is 15.3. The Bertz CT molecular complexity index is 527. The van der Waals surface area contributed by atoms with Gasteiger partial charge in [-0.2, -0.15) is 0 Å². The summed E-state index contributed by atoms with van der Waals surface area (Å²) in [6.45, 7) is 5.08. The molecule has 0 saturated heterocycles.